The number of nitrogens with one attached hydrogen (secondary N) is 1. The number of methoxy groups -OCH3 is 1. The number of hydrogen-bond acceptors (Lipinski definition) is 3. The number of hydrogen-bond donors (Lipinski definition) is 2. The van der Waals surface area contributed by atoms with Gasteiger partial charge in [-0.1, -0.05) is 12.1 Å². The number of amides is 1. The summed E-state index contributed by atoms with van der Waals surface area (Å²) in [4.78, 5) is 12.1. The van der Waals surface area contributed by atoms with E-state index < -0.39 is 11.7 Å². The average Bonchev–Trinajstić information content (AvgIpc) is 2.47. The van der Waals surface area contributed by atoms with Crippen LogP contribution in [0.1, 0.15) is 21.5 Å². The van der Waals surface area contributed by atoms with Crippen molar-refractivity contribution in [2.24, 2.45) is 5.73 Å². The Balaban J connectivity index is 2.27. The second kappa shape index (κ2) is 6.37. The summed E-state index contributed by atoms with van der Waals surface area (Å²) in [5, 5.41) is 2.64. The summed E-state index contributed by atoms with van der Waals surface area (Å²) in [6.07, 6.45) is 0. The predicted octanol–water partition coefficient (Wildman–Crippen LogP) is 2.85. The molecule has 3 N–H and O–H groups in total. The lowest BCUT2D eigenvalue weighted by molar-refractivity contribution is 0.102. The number of ether oxygens (including phenoxy) is 1. The third-order valence-electron chi connectivity index (χ3n) is 3.12. The van der Waals surface area contributed by atoms with Crippen molar-refractivity contribution >= 4 is 11.6 Å². The largest absolute Gasteiger partial charge is 0.495 e. The van der Waals surface area contributed by atoms with Gasteiger partial charge in [-0.3, -0.25) is 4.79 Å². The second-order valence-electron chi connectivity index (χ2n) is 4.68. The van der Waals surface area contributed by atoms with E-state index in [0.717, 1.165) is 11.1 Å². The predicted molar refractivity (Wildman–Crippen MR) is 80.0 cm³/mol. The van der Waals surface area contributed by atoms with Crippen LogP contribution in [-0.2, 0) is 6.54 Å². The minimum absolute atomic E-state index is 0.00875. The third-order valence-corrected chi connectivity index (χ3v) is 3.12. The minimum atomic E-state index is -0.551. The van der Waals surface area contributed by atoms with Crippen LogP contribution in [0.2, 0.25) is 0 Å². The molecule has 21 heavy (non-hydrogen) atoms. The quantitative estimate of drug-likeness (QED) is 0.909. The lowest BCUT2D eigenvalue weighted by Gasteiger charge is -2.12. The summed E-state index contributed by atoms with van der Waals surface area (Å²) in [7, 11) is 1.50. The van der Waals surface area contributed by atoms with Gasteiger partial charge in [-0.2, -0.15) is 0 Å². The highest BCUT2D eigenvalue weighted by atomic mass is 19.1. The molecule has 0 aliphatic rings. The lowest BCUT2D eigenvalue weighted by atomic mass is 10.1. The van der Waals surface area contributed by atoms with Gasteiger partial charge in [0.2, 0.25) is 0 Å². The van der Waals surface area contributed by atoms with Gasteiger partial charge in [0.05, 0.1) is 18.4 Å². The molecule has 0 heterocycles. The molecule has 0 saturated heterocycles. The van der Waals surface area contributed by atoms with Gasteiger partial charge in [0, 0.05) is 6.54 Å². The molecular formula is C16H17FN2O2. The molecule has 0 aliphatic heterocycles. The summed E-state index contributed by atoms with van der Waals surface area (Å²) >= 11 is 0. The van der Waals surface area contributed by atoms with Gasteiger partial charge < -0.3 is 15.8 Å². The molecule has 2 rings (SSSR count). The fourth-order valence-corrected chi connectivity index (χ4v) is 1.96. The van der Waals surface area contributed by atoms with E-state index in [-0.39, 0.29) is 5.56 Å². The third kappa shape index (κ3) is 3.38. The first-order valence-electron chi connectivity index (χ1n) is 6.49. The van der Waals surface area contributed by atoms with Gasteiger partial charge in [0.25, 0.3) is 5.91 Å². The Morgan fingerprint density at radius 2 is 2.05 bits per heavy atom. The van der Waals surface area contributed by atoms with E-state index in [1.807, 2.05) is 0 Å². The Labute approximate surface area is 122 Å². The molecule has 0 spiro atoms. The maximum Gasteiger partial charge on any atom is 0.258 e. The van der Waals surface area contributed by atoms with Crippen LogP contribution in [0.4, 0.5) is 10.1 Å². The van der Waals surface area contributed by atoms with Crippen molar-refractivity contribution in [2.45, 2.75) is 13.5 Å². The fraction of sp³-hybridized carbons (Fsp3) is 0.188. The fourth-order valence-electron chi connectivity index (χ4n) is 1.96. The summed E-state index contributed by atoms with van der Waals surface area (Å²) in [6.45, 7) is 2.14. The summed E-state index contributed by atoms with van der Waals surface area (Å²) < 4.78 is 19.0. The first-order valence-corrected chi connectivity index (χ1v) is 6.49. The Morgan fingerprint density at radius 1 is 1.29 bits per heavy atom. The van der Waals surface area contributed by atoms with Gasteiger partial charge >= 0.3 is 0 Å². The SMILES string of the molecule is COc1cc(CN)ccc1NC(=O)c1ccc(C)cc1F. The molecule has 110 valence electrons. The number of anilines is 1. The molecule has 0 aliphatic carbocycles. The topological polar surface area (TPSA) is 64.3 Å². The van der Waals surface area contributed by atoms with Crippen LogP contribution in [0.5, 0.6) is 5.75 Å². The van der Waals surface area contributed by atoms with Crippen molar-refractivity contribution in [3.8, 4) is 5.75 Å². The van der Waals surface area contributed by atoms with Crippen LogP contribution in [0, 0.1) is 12.7 Å². The molecule has 5 heteroatoms. The molecule has 2 aromatic rings. The average molecular weight is 288 g/mol. The van der Waals surface area contributed by atoms with Crippen molar-refractivity contribution in [2.75, 3.05) is 12.4 Å². The number of rotatable bonds is 4. The summed E-state index contributed by atoms with van der Waals surface area (Å²) in [5.74, 6) is -0.588. The molecule has 0 radical (unpaired) electrons. The monoisotopic (exact) mass is 288 g/mol. The molecule has 0 bridgehead atoms. The van der Waals surface area contributed by atoms with Gasteiger partial charge in [-0.05, 0) is 42.3 Å². The highest BCUT2D eigenvalue weighted by Gasteiger charge is 2.14. The Morgan fingerprint density at radius 3 is 2.67 bits per heavy atom. The number of carbonyl (C=O) groups is 1. The number of halogens is 1. The Hall–Kier alpha value is -2.40. The Bertz CT molecular complexity index is 671. The normalized spacial score (nSPS) is 10.3. The van der Waals surface area contributed by atoms with E-state index in [1.165, 1.54) is 19.2 Å². The van der Waals surface area contributed by atoms with Gasteiger partial charge in [0.1, 0.15) is 11.6 Å². The number of benzene rings is 2. The maximum atomic E-state index is 13.8. The molecular weight excluding hydrogens is 271 g/mol. The van der Waals surface area contributed by atoms with E-state index in [4.69, 9.17) is 10.5 Å². The Kier molecular flexibility index (Phi) is 4.55. The number of nitrogens with two attached hydrogens (primary N) is 1. The van der Waals surface area contributed by atoms with Crippen LogP contribution in [0.3, 0.4) is 0 Å². The van der Waals surface area contributed by atoms with Crippen LogP contribution < -0.4 is 15.8 Å². The van der Waals surface area contributed by atoms with Crippen LogP contribution in [0.15, 0.2) is 36.4 Å². The van der Waals surface area contributed by atoms with E-state index >= 15 is 0 Å². The molecule has 0 saturated carbocycles. The second-order valence-corrected chi connectivity index (χ2v) is 4.68. The smallest absolute Gasteiger partial charge is 0.258 e. The maximum absolute atomic E-state index is 13.8. The zero-order valence-corrected chi connectivity index (χ0v) is 11.9. The zero-order valence-electron chi connectivity index (χ0n) is 11.9. The van der Waals surface area contributed by atoms with Gasteiger partial charge in [-0.25, -0.2) is 4.39 Å². The first kappa shape index (κ1) is 15.0. The molecule has 2 aromatic carbocycles. The first-order chi connectivity index (χ1) is 10.0. The summed E-state index contributed by atoms with van der Waals surface area (Å²) in [6, 6.07) is 9.67. The van der Waals surface area contributed by atoms with Crippen LogP contribution >= 0.6 is 0 Å². The van der Waals surface area contributed by atoms with E-state index in [9.17, 15) is 9.18 Å². The highest BCUT2D eigenvalue weighted by Crippen LogP contribution is 2.26. The van der Waals surface area contributed by atoms with Crippen molar-refractivity contribution in [3.05, 3.63) is 58.9 Å². The van der Waals surface area contributed by atoms with Crippen molar-refractivity contribution < 1.29 is 13.9 Å². The zero-order chi connectivity index (χ0) is 15.4. The van der Waals surface area contributed by atoms with Crippen molar-refractivity contribution in [1.82, 2.24) is 0 Å². The molecule has 0 unspecified atom stereocenters. The van der Waals surface area contributed by atoms with Crippen LogP contribution in [-0.4, -0.2) is 13.0 Å². The van der Waals surface area contributed by atoms with E-state index in [1.54, 1.807) is 31.2 Å². The van der Waals surface area contributed by atoms with Crippen molar-refractivity contribution in [1.29, 1.82) is 0 Å². The van der Waals surface area contributed by atoms with Crippen LogP contribution in [0.25, 0.3) is 0 Å². The highest BCUT2D eigenvalue weighted by molar-refractivity contribution is 6.05. The molecule has 0 aromatic heterocycles. The lowest BCUT2D eigenvalue weighted by Crippen LogP contribution is -2.14. The minimum Gasteiger partial charge on any atom is -0.495 e. The van der Waals surface area contributed by atoms with Gasteiger partial charge in [0.15, 0.2) is 0 Å². The van der Waals surface area contributed by atoms with E-state index in [2.05, 4.69) is 5.32 Å². The number of carbonyl (C=O) groups excluding carboxylic acids is 1. The standard InChI is InChI=1S/C16H17FN2O2/c1-10-3-5-12(13(17)7-10)16(20)19-14-6-4-11(9-18)8-15(14)21-2/h3-8H,9,18H2,1-2H3,(H,19,20). The summed E-state index contributed by atoms with van der Waals surface area (Å²) in [5.41, 5.74) is 7.66. The van der Waals surface area contributed by atoms with Crippen molar-refractivity contribution in [3.63, 3.8) is 0 Å². The molecule has 0 fully saturated rings. The van der Waals surface area contributed by atoms with E-state index in [0.29, 0.717) is 18.0 Å². The number of aryl methyl sites for hydroxylation is 1. The molecule has 0 atom stereocenters. The van der Waals surface area contributed by atoms with Gasteiger partial charge in [-0.15, -0.1) is 0 Å². The molecule has 4 nitrogen and oxygen atoms in total. The molecule has 1 amide bonds.